The van der Waals surface area contributed by atoms with Gasteiger partial charge in [0.25, 0.3) is 0 Å². The number of nitrogen functional groups attached to an aromatic ring is 1. The van der Waals surface area contributed by atoms with Crippen molar-refractivity contribution in [3.05, 3.63) is 59.9 Å². The van der Waals surface area contributed by atoms with E-state index in [1.165, 1.54) is 12.1 Å². The summed E-state index contributed by atoms with van der Waals surface area (Å²) < 4.78 is 18.5. The number of hydrogen-bond donors (Lipinski definition) is 1. The van der Waals surface area contributed by atoms with Gasteiger partial charge in [0.1, 0.15) is 5.82 Å². The molecule has 0 bridgehead atoms. The van der Waals surface area contributed by atoms with E-state index in [0.29, 0.717) is 17.1 Å². The Kier molecular flexibility index (Phi) is 3.44. The number of halogens is 1. The lowest BCUT2D eigenvalue weighted by atomic mass is 9.97. The van der Waals surface area contributed by atoms with Gasteiger partial charge >= 0.3 is 0 Å². The van der Waals surface area contributed by atoms with E-state index in [0.717, 1.165) is 23.1 Å². The van der Waals surface area contributed by atoms with Gasteiger partial charge in [-0.1, -0.05) is 48.5 Å². The highest BCUT2D eigenvalue weighted by atomic mass is 19.1. The van der Waals surface area contributed by atoms with Crippen molar-refractivity contribution < 1.29 is 8.91 Å². The Balaban J connectivity index is 2.19. The van der Waals surface area contributed by atoms with E-state index < -0.39 is 0 Å². The molecular weight excluding hydrogens is 267 g/mol. The molecule has 0 saturated carbocycles. The molecule has 4 heteroatoms. The maximum Gasteiger partial charge on any atom is 0.177 e. The molecule has 0 amide bonds. The molecular formula is C17H15FN2O. The number of rotatable bonds is 3. The molecule has 0 fully saturated rings. The summed E-state index contributed by atoms with van der Waals surface area (Å²) in [6.45, 7) is 2.08. The summed E-state index contributed by atoms with van der Waals surface area (Å²) in [6, 6.07) is 14.1. The SMILES string of the molecule is CCc1ccccc1-c1onc(N)c1-c1ccc(F)cc1. The smallest absolute Gasteiger partial charge is 0.177 e. The van der Waals surface area contributed by atoms with Gasteiger partial charge in [0.15, 0.2) is 11.6 Å². The van der Waals surface area contributed by atoms with Gasteiger partial charge < -0.3 is 10.3 Å². The lowest BCUT2D eigenvalue weighted by Crippen LogP contribution is -1.91. The molecule has 0 atom stereocenters. The van der Waals surface area contributed by atoms with Crippen LogP contribution in [0.3, 0.4) is 0 Å². The van der Waals surface area contributed by atoms with E-state index in [9.17, 15) is 4.39 Å². The Morgan fingerprint density at radius 2 is 1.81 bits per heavy atom. The average molecular weight is 282 g/mol. The standard InChI is InChI=1S/C17H15FN2O/c1-2-11-5-3-4-6-14(11)16-15(17(19)20-21-16)12-7-9-13(18)10-8-12/h3-10H,2H2,1H3,(H2,19,20). The Bertz CT molecular complexity index is 763. The van der Waals surface area contributed by atoms with Crippen LogP contribution in [-0.4, -0.2) is 5.16 Å². The van der Waals surface area contributed by atoms with Gasteiger partial charge in [-0.05, 0) is 29.7 Å². The molecule has 0 aliphatic rings. The molecule has 21 heavy (non-hydrogen) atoms. The van der Waals surface area contributed by atoms with E-state index >= 15 is 0 Å². The first-order chi connectivity index (χ1) is 10.2. The fourth-order valence-corrected chi connectivity index (χ4v) is 2.43. The molecule has 0 spiro atoms. The van der Waals surface area contributed by atoms with Crippen molar-refractivity contribution in [2.24, 2.45) is 0 Å². The zero-order valence-corrected chi connectivity index (χ0v) is 11.6. The zero-order valence-electron chi connectivity index (χ0n) is 11.6. The van der Waals surface area contributed by atoms with Gasteiger partial charge in [-0.15, -0.1) is 0 Å². The molecule has 106 valence electrons. The van der Waals surface area contributed by atoms with E-state index in [1.807, 2.05) is 24.3 Å². The molecule has 3 rings (SSSR count). The van der Waals surface area contributed by atoms with Crippen LogP contribution in [0.2, 0.25) is 0 Å². The van der Waals surface area contributed by atoms with Crippen LogP contribution < -0.4 is 5.73 Å². The maximum atomic E-state index is 13.1. The Labute approximate surface area is 122 Å². The summed E-state index contributed by atoms with van der Waals surface area (Å²) in [5.74, 6) is 0.642. The Morgan fingerprint density at radius 1 is 1.10 bits per heavy atom. The topological polar surface area (TPSA) is 52.0 Å². The first-order valence-corrected chi connectivity index (χ1v) is 6.80. The first kappa shape index (κ1) is 13.4. The number of aromatic nitrogens is 1. The third-order valence-corrected chi connectivity index (χ3v) is 3.49. The molecule has 2 N–H and O–H groups in total. The van der Waals surface area contributed by atoms with Crippen LogP contribution in [0.4, 0.5) is 10.2 Å². The van der Waals surface area contributed by atoms with Crippen molar-refractivity contribution in [1.29, 1.82) is 0 Å². The molecule has 3 nitrogen and oxygen atoms in total. The first-order valence-electron chi connectivity index (χ1n) is 6.80. The monoisotopic (exact) mass is 282 g/mol. The molecule has 0 unspecified atom stereocenters. The van der Waals surface area contributed by atoms with Gasteiger partial charge in [-0.25, -0.2) is 4.39 Å². The van der Waals surface area contributed by atoms with Crippen LogP contribution in [0.25, 0.3) is 22.5 Å². The van der Waals surface area contributed by atoms with Gasteiger partial charge in [-0.3, -0.25) is 0 Å². The summed E-state index contributed by atoms with van der Waals surface area (Å²) in [6.07, 6.45) is 0.875. The van der Waals surface area contributed by atoms with E-state index in [1.54, 1.807) is 12.1 Å². The van der Waals surface area contributed by atoms with Crippen LogP contribution in [0, 0.1) is 5.82 Å². The molecule has 0 saturated heterocycles. The van der Waals surface area contributed by atoms with E-state index in [-0.39, 0.29) is 5.82 Å². The number of hydrogen-bond acceptors (Lipinski definition) is 3. The van der Waals surface area contributed by atoms with Crippen molar-refractivity contribution in [2.45, 2.75) is 13.3 Å². The minimum absolute atomic E-state index is 0.288. The summed E-state index contributed by atoms with van der Waals surface area (Å²) in [7, 11) is 0. The van der Waals surface area contributed by atoms with Crippen molar-refractivity contribution in [2.75, 3.05) is 5.73 Å². The molecule has 0 aliphatic carbocycles. The predicted molar refractivity (Wildman–Crippen MR) is 81.1 cm³/mol. The quantitative estimate of drug-likeness (QED) is 0.779. The minimum atomic E-state index is -0.288. The van der Waals surface area contributed by atoms with Crippen molar-refractivity contribution in [1.82, 2.24) is 5.16 Å². The number of nitrogens with zero attached hydrogens (tertiary/aromatic N) is 1. The lowest BCUT2D eigenvalue weighted by molar-refractivity contribution is 0.435. The molecule has 2 aromatic carbocycles. The molecule has 1 aromatic heterocycles. The number of nitrogens with two attached hydrogens (primary N) is 1. The summed E-state index contributed by atoms with van der Waals surface area (Å²) >= 11 is 0. The fourth-order valence-electron chi connectivity index (χ4n) is 2.43. The molecule has 0 aliphatic heterocycles. The number of anilines is 1. The Hall–Kier alpha value is -2.62. The van der Waals surface area contributed by atoms with Gasteiger partial charge in [0.2, 0.25) is 0 Å². The average Bonchev–Trinajstić information content (AvgIpc) is 2.90. The van der Waals surface area contributed by atoms with Crippen LogP contribution in [0.15, 0.2) is 53.1 Å². The second kappa shape index (κ2) is 5.40. The molecule has 3 aromatic rings. The highest BCUT2D eigenvalue weighted by molar-refractivity contribution is 5.87. The van der Waals surface area contributed by atoms with Crippen molar-refractivity contribution in [3.63, 3.8) is 0 Å². The third-order valence-electron chi connectivity index (χ3n) is 3.49. The maximum absolute atomic E-state index is 13.1. The Morgan fingerprint density at radius 3 is 2.52 bits per heavy atom. The summed E-state index contributed by atoms with van der Waals surface area (Å²) in [5.41, 5.74) is 9.55. The van der Waals surface area contributed by atoms with Gasteiger partial charge in [-0.2, -0.15) is 0 Å². The van der Waals surface area contributed by atoms with Gasteiger partial charge in [0, 0.05) is 5.56 Å². The van der Waals surface area contributed by atoms with Crippen molar-refractivity contribution in [3.8, 4) is 22.5 Å². The largest absolute Gasteiger partial charge is 0.380 e. The fraction of sp³-hybridized carbons (Fsp3) is 0.118. The number of aryl methyl sites for hydroxylation is 1. The predicted octanol–water partition coefficient (Wildman–Crippen LogP) is 4.29. The number of benzene rings is 2. The highest BCUT2D eigenvalue weighted by Gasteiger charge is 2.19. The van der Waals surface area contributed by atoms with E-state index in [2.05, 4.69) is 12.1 Å². The van der Waals surface area contributed by atoms with Crippen LogP contribution in [0.5, 0.6) is 0 Å². The second-order valence-electron chi connectivity index (χ2n) is 4.79. The third kappa shape index (κ3) is 2.40. The minimum Gasteiger partial charge on any atom is -0.380 e. The van der Waals surface area contributed by atoms with Crippen LogP contribution >= 0.6 is 0 Å². The highest BCUT2D eigenvalue weighted by Crippen LogP contribution is 2.38. The van der Waals surface area contributed by atoms with Gasteiger partial charge in [0.05, 0.1) is 5.56 Å². The molecule has 1 heterocycles. The lowest BCUT2D eigenvalue weighted by Gasteiger charge is -2.07. The van der Waals surface area contributed by atoms with Crippen LogP contribution in [-0.2, 0) is 6.42 Å². The molecule has 0 radical (unpaired) electrons. The zero-order chi connectivity index (χ0) is 14.8. The summed E-state index contributed by atoms with van der Waals surface area (Å²) in [5, 5.41) is 3.88. The normalized spacial score (nSPS) is 10.8. The second-order valence-corrected chi connectivity index (χ2v) is 4.79. The van der Waals surface area contributed by atoms with Crippen LogP contribution in [0.1, 0.15) is 12.5 Å². The summed E-state index contributed by atoms with van der Waals surface area (Å²) in [4.78, 5) is 0. The van der Waals surface area contributed by atoms with Crippen molar-refractivity contribution >= 4 is 5.82 Å². The van der Waals surface area contributed by atoms with E-state index in [4.69, 9.17) is 10.3 Å².